The van der Waals surface area contributed by atoms with Crippen molar-refractivity contribution in [3.05, 3.63) is 29.3 Å². The van der Waals surface area contributed by atoms with E-state index in [1.54, 1.807) is 7.11 Å². The predicted octanol–water partition coefficient (Wildman–Crippen LogP) is 2.61. The molecule has 17 heavy (non-hydrogen) atoms. The summed E-state index contributed by atoms with van der Waals surface area (Å²) in [6.45, 7) is 8.11. The molecule has 1 aromatic rings. The topological polar surface area (TPSA) is 30.5 Å². The first-order valence-corrected chi connectivity index (χ1v) is 6.03. The smallest absolute Gasteiger partial charge is 0.124 e. The third kappa shape index (κ3) is 2.61. The van der Waals surface area contributed by atoms with Gasteiger partial charge in [0.25, 0.3) is 0 Å². The molecule has 3 heteroatoms. The molecule has 0 radical (unpaired) electrons. The highest BCUT2D eigenvalue weighted by molar-refractivity contribution is 5.41. The zero-order valence-electron chi connectivity index (χ0n) is 11.0. The highest BCUT2D eigenvalue weighted by Gasteiger charge is 2.23. The van der Waals surface area contributed by atoms with Gasteiger partial charge in [0, 0.05) is 12.1 Å². The van der Waals surface area contributed by atoms with Crippen LogP contribution in [-0.4, -0.2) is 20.4 Å². The van der Waals surface area contributed by atoms with Crippen molar-refractivity contribution in [2.45, 2.75) is 32.3 Å². The SMILES string of the molecule is COc1ccc(C(C)(C)C)cc1C1CNCO1. The number of rotatable bonds is 2. The van der Waals surface area contributed by atoms with E-state index in [2.05, 4.69) is 38.2 Å². The van der Waals surface area contributed by atoms with Crippen LogP contribution in [0, 0.1) is 0 Å². The van der Waals surface area contributed by atoms with E-state index in [1.165, 1.54) is 5.56 Å². The lowest BCUT2D eigenvalue weighted by Crippen LogP contribution is -2.14. The lowest BCUT2D eigenvalue weighted by atomic mass is 9.85. The minimum Gasteiger partial charge on any atom is -0.496 e. The normalized spacial score (nSPS) is 20.6. The molecule has 0 spiro atoms. The van der Waals surface area contributed by atoms with E-state index in [4.69, 9.17) is 9.47 Å². The fraction of sp³-hybridized carbons (Fsp3) is 0.571. The molecule has 0 aliphatic carbocycles. The maximum atomic E-state index is 5.66. The Hall–Kier alpha value is -1.06. The van der Waals surface area contributed by atoms with Crippen molar-refractivity contribution < 1.29 is 9.47 Å². The summed E-state index contributed by atoms with van der Waals surface area (Å²) in [7, 11) is 1.71. The van der Waals surface area contributed by atoms with Gasteiger partial charge in [-0.15, -0.1) is 0 Å². The molecule has 1 N–H and O–H groups in total. The van der Waals surface area contributed by atoms with Gasteiger partial charge < -0.3 is 9.47 Å². The van der Waals surface area contributed by atoms with E-state index in [1.807, 2.05) is 6.07 Å². The number of hydrogen-bond donors (Lipinski definition) is 1. The van der Waals surface area contributed by atoms with E-state index < -0.39 is 0 Å². The molecule has 1 aliphatic rings. The summed E-state index contributed by atoms with van der Waals surface area (Å²) in [4.78, 5) is 0. The van der Waals surface area contributed by atoms with Crippen LogP contribution in [0.1, 0.15) is 38.0 Å². The van der Waals surface area contributed by atoms with Gasteiger partial charge in [-0.3, -0.25) is 5.32 Å². The van der Waals surface area contributed by atoms with Gasteiger partial charge in [0.2, 0.25) is 0 Å². The molecule has 2 rings (SSSR count). The van der Waals surface area contributed by atoms with Gasteiger partial charge in [-0.2, -0.15) is 0 Å². The third-order valence-electron chi connectivity index (χ3n) is 3.16. The fourth-order valence-corrected chi connectivity index (χ4v) is 2.06. The Morgan fingerprint density at radius 2 is 2.12 bits per heavy atom. The van der Waals surface area contributed by atoms with Crippen LogP contribution in [0.15, 0.2) is 18.2 Å². The Kier molecular flexibility index (Phi) is 3.40. The van der Waals surface area contributed by atoms with Gasteiger partial charge in [0.1, 0.15) is 11.9 Å². The number of ether oxygens (including phenoxy) is 2. The molecule has 1 unspecified atom stereocenters. The molecule has 1 fully saturated rings. The fourth-order valence-electron chi connectivity index (χ4n) is 2.06. The highest BCUT2D eigenvalue weighted by Crippen LogP contribution is 2.33. The second-order valence-corrected chi connectivity index (χ2v) is 5.46. The van der Waals surface area contributed by atoms with Crippen molar-refractivity contribution in [2.75, 3.05) is 20.4 Å². The molecule has 0 saturated carbocycles. The third-order valence-corrected chi connectivity index (χ3v) is 3.16. The van der Waals surface area contributed by atoms with Crippen LogP contribution in [0.5, 0.6) is 5.75 Å². The van der Waals surface area contributed by atoms with Crippen molar-refractivity contribution >= 4 is 0 Å². The second kappa shape index (κ2) is 4.67. The van der Waals surface area contributed by atoms with Crippen LogP contribution in [0.3, 0.4) is 0 Å². The Balaban J connectivity index is 2.39. The van der Waals surface area contributed by atoms with E-state index in [0.717, 1.165) is 17.9 Å². The van der Waals surface area contributed by atoms with Gasteiger partial charge in [0.05, 0.1) is 13.8 Å². The Morgan fingerprint density at radius 1 is 1.35 bits per heavy atom. The van der Waals surface area contributed by atoms with Gasteiger partial charge in [-0.25, -0.2) is 0 Å². The van der Waals surface area contributed by atoms with Crippen LogP contribution in [-0.2, 0) is 10.2 Å². The van der Waals surface area contributed by atoms with E-state index in [0.29, 0.717) is 6.73 Å². The molecule has 94 valence electrons. The molecule has 1 atom stereocenters. The maximum absolute atomic E-state index is 5.66. The number of hydrogen-bond acceptors (Lipinski definition) is 3. The first kappa shape index (κ1) is 12.4. The van der Waals surface area contributed by atoms with Crippen molar-refractivity contribution in [1.82, 2.24) is 5.32 Å². The van der Waals surface area contributed by atoms with E-state index in [-0.39, 0.29) is 11.5 Å². The van der Waals surface area contributed by atoms with Crippen LogP contribution in [0.2, 0.25) is 0 Å². The van der Waals surface area contributed by atoms with E-state index in [9.17, 15) is 0 Å². The Bertz CT molecular complexity index is 390. The molecule has 1 aromatic carbocycles. The van der Waals surface area contributed by atoms with E-state index >= 15 is 0 Å². The monoisotopic (exact) mass is 235 g/mol. The zero-order chi connectivity index (χ0) is 12.5. The number of methoxy groups -OCH3 is 1. The summed E-state index contributed by atoms with van der Waals surface area (Å²) in [6, 6.07) is 6.37. The molecule has 1 aliphatic heterocycles. The largest absolute Gasteiger partial charge is 0.496 e. The minimum atomic E-state index is 0.104. The lowest BCUT2D eigenvalue weighted by Gasteiger charge is -2.22. The molecular formula is C14H21NO2. The van der Waals surface area contributed by atoms with Crippen LogP contribution < -0.4 is 10.1 Å². The molecule has 1 saturated heterocycles. The Labute approximate surface area is 103 Å². The summed E-state index contributed by atoms with van der Waals surface area (Å²) in [5, 5.41) is 3.20. The van der Waals surface area contributed by atoms with Gasteiger partial charge in [-0.05, 0) is 23.1 Å². The molecule has 3 nitrogen and oxygen atoms in total. The van der Waals surface area contributed by atoms with Crippen LogP contribution >= 0.6 is 0 Å². The average Bonchev–Trinajstić information content (AvgIpc) is 2.80. The maximum Gasteiger partial charge on any atom is 0.124 e. The number of nitrogens with one attached hydrogen (secondary N) is 1. The Morgan fingerprint density at radius 3 is 2.65 bits per heavy atom. The first-order valence-electron chi connectivity index (χ1n) is 6.03. The predicted molar refractivity (Wildman–Crippen MR) is 68.4 cm³/mol. The molecule has 1 heterocycles. The summed E-state index contributed by atoms with van der Waals surface area (Å²) in [6.07, 6.45) is 0.104. The molecule has 0 bridgehead atoms. The lowest BCUT2D eigenvalue weighted by molar-refractivity contribution is 0.112. The van der Waals surface area contributed by atoms with Crippen molar-refractivity contribution in [2.24, 2.45) is 0 Å². The second-order valence-electron chi connectivity index (χ2n) is 5.46. The molecule has 0 amide bonds. The minimum absolute atomic E-state index is 0.104. The highest BCUT2D eigenvalue weighted by atomic mass is 16.5. The van der Waals surface area contributed by atoms with Crippen molar-refractivity contribution in [3.8, 4) is 5.75 Å². The van der Waals surface area contributed by atoms with Gasteiger partial charge >= 0.3 is 0 Å². The van der Waals surface area contributed by atoms with Crippen LogP contribution in [0.25, 0.3) is 0 Å². The summed E-state index contributed by atoms with van der Waals surface area (Å²) < 4.78 is 11.1. The zero-order valence-corrected chi connectivity index (χ0v) is 11.0. The summed E-state index contributed by atoms with van der Waals surface area (Å²) in [5.41, 5.74) is 2.60. The number of benzene rings is 1. The standard InChI is InChI=1S/C14H21NO2/c1-14(2,3)10-5-6-12(16-4)11(7-10)13-8-15-9-17-13/h5-7,13,15H,8-9H2,1-4H3. The van der Waals surface area contributed by atoms with Crippen molar-refractivity contribution in [1.29, 1.82) is 0 Å². The van der Waals surface area contributed by atoms with Gasteiger partial charge in [-0.1, -0.05) is 26.8 Å². The van der Waals surface area contributed by atoms with Crippen molar-refractivity contribution in [3.63, 3.8) is 0 Å². The summed E-state index contributed by atoms with van der Waals surface area (Å²) in [5.74, 6) is 0.909. The van der Waals surface area contributed by atoms with Crippen LogP contribution in [0.4, 0.5) is 0 Å². The molecule has 0 aromatic heterocycles. The quantitative estimate of drug-likeness (QED) is 0.854. The first-order chi connectivity index (χ1) is 8.02. The molecular weight excluding hydrogens is 214 g/mol. The van der Waals surface area contributed by atoms with Gasteiger partial charge in [0.15, 0.2) is 0 Å². The summed E-state index contributed by atoms with van der Waals surface area (Å²) >= 11 is 0. The average molecular weight is 235 g/mol.